The Morgan fingerprint density at radius 3 is 2.50 bits per heavy atom. The highest BCUT2D eigenvalue weighted by Crippen LogP contribution is 2.51. The first-order valence-corrected chi connectivity index (χ1v) is 11.9. The van der Waals surface area contributed by atoms with Crippen LogP contribution in [-0.4, -0.2) is 10.7 Å². The van der Waals surface area contributed by atoms with Crippen LogP contribution in [0.2, 0.25) is 0 Å². The van der Waals surface area contributed by atoms with Gasteiger partial charge in [0.1, 0.15) is 11.6 Å². The van der Waals surface area contributed by atoms with Gasteiger partial charge in [-0.05, 0) is 56.5 Å². The van der Waals surface area contributed by atoms with Crippen LogP contribution >= 0.6 is 31.9 Å². The van der Waals surface area contributed by atoms with Gasteiger partial charge in [0.2, 0.25) is 6.23 Å². The Kier molecular flexibility index (Phi) is 4.81. The summed E-state index contributed by atoms with van der Waals surface area (Å²) in [4.78, 5) is 0. The maximum Gasteiger partial charge on any atom is 0.216 e. The van der Waals surface area contributed by atoms with Crippen molar-refractivity contribution in [1.29, 1.82) is 0 Å². The number of hydrazone groups is 1. The van der Waals surface area contributed by atoms with E-state index in [2.05, 4.69) is 68.3 Å². The second-order valence-electron chi connectivity index (χ2n) is 8.01. The van der Waals surface area contributed by atoms with Gasteiger partial charge in [0.15, 0.2) is 0 Å². The molecule has 0 fully saturated rings. The number of benzene rings is 4. The Morgan fingerprint density at radius 1 is 0.875 bits per heavy atom. The summed E-state index contributed by atoms with van der Waals surface area (Å²) in [5, 5.41) is 9.24. The molecule has 0 aromatic heterocycles. The van der Waals surface area contributed by atoms with E-state index in [9.17, 15) is 4.39 Å². The van der Waals surface area contributed by atoms with Gasteiger partial charge in [-0.3, -0.25) is 0 Å². The highest BCUT2D eigenvalue weighted by molar-refractivity contribution is 9.11. The van der Waals surface area contributed by atoms with Gasteiger partial charge in [-0.1, -0.05) is 70.5 Å². The Bertz CT molecular complexity index is 1400. The fourth-order valence-electron chi connectivity index (χ4n) is 4.54. The molecule has 2 atom stereocenters. The highest BCUT2D eigenvalue weighted by Gasteiger charge is 2.42. The normalized spacial score (nSPS) is 19.3. The zero-order chi connectivity index (χ0) is 21.8. The molecule has 0 N–H and O–H groups in total. The second-order valence-corrected chi connectivity index (χ2v) is 9.78. The lowest BCUT2D eigenvalue weighted by molar-refractivity contribution is -0.0218. The van der Waals surface area contributed by atoms with Crippen LogP contribution in [-0.2, 0) is 0 Å². The second kappa shape index (κ2) is 7.71. The van der Waals surface area contributed by atoms with Crippen molar-refractivity contribution < 1.29 is 9.13 Å². The van der Waals surface area contributed by atoms with Gasteiger partial charge in [-0.2, -0.15) is 5.10 Å². The van der Waals surface area contributed by atoms with Crippen molar-refractivity contribution in [2.45, 2.75) is 18.7 Å². The van der Waals surface area contributed by atoms with Crippen molar-refractivity contribution >= 4 is 48.3 Å². The first kappa shape index (κ1) is 19.9. The fourth-order valence-corrected chi connectivity index (χ4v) is 5.89. The van der Waals surface area contributed by atoms with E-state index in [1.54, 1.807) is 12.1 Å². The molecule has 0 radical (unpaired) electrons. The summed E-state index contributed by atoms with van der Waals surface area (Å²) in [6.45, 7) is 0. The van der Waals surface area contributed by atoms with E-state index in [1.165, 1.54) is 16.8 Å². The minimum absolute atomic E-state index is 0.0568. The third-order valence-corrected chi connectivity index (χ3v) is 7.11. The number of fused-ring (bicyclic) bond motifs is 4. The van der Waals surface area contributed by atoms with E-state index in [-0.39, 0.29) is 11.9 Å². The van der Waals surface area contributed by atoms with Gasteiger partial charge in [0.25, 0.3) is 0 Å². The quantitative estimate of drug-likeness (QED) is 0.254. The molecule has 0 unspecified atom stereocenters. The average Bonchev–Trinajstić information content (AvgIpc) is 3.25. The molecular weight excluding hydrogens is 535 g/mol. The molecule has 3 nitrogen and oxygen atoms in total. The van der Waals surface area contributed by atoms with Crippen LogP contribution in [0.5, 0.6) is 5.75 Å². The number of hydrogen-bond acceptors (Lipinski definition) is 3. The molecule has 4 aromatic rings. The van der Waals surface area contributed by atoms with Crippen molar-refractivity contribution in [1.82, 2.24) is 5.01 Å². The molecule has 32 heavy (non-hydrogen) atoms. The summed E-state index contributed by atoms with van der Waals surface area (Å²) in [6, 6.07) is 25.4. The molecule has 0 spiro atoms. The molecule has 2 heterocycles. The minimum Gasteiger partial charge on any atom is -0.463 e. The van der Waals surface area contributed by atoms with Gasteiger partial charge in [-0.15, -0.1) is 0 Å². The van der Waals surface area contributed by atoms with E-state index in [1.807, 2.05) is 29.3 Å². The number of ether oxygens (including phenoxy) is 1. The maximum atomic E-state index is 14.8. The fraction of sp³-hybridized carbons (Fsp3) is 0.115. The van der Waals surface area contributed by atoms with Gasteiger partial charge < -0.3 is 4.74 Å². The lowest BCUT2D eigenvalue weighted by Gasteiger charge is -2.38. The summed E-state index contributed by atoms with van der Waals surface area (Å²) in [7, 11) is 0. The predicted molar refractivity (Wildman–Crippen MR) is 131 cm³/mol. The smallest absolute Gasteiger partial charge is 0.216 e. The van der Waals surface area contributed by atoms with Crippen molar-refractivity contribution in [3.05, 3.63) is 110 Å². The lowest BCUT2D eigenvalue weighted by atomic mass is 9.95. The summed E-state index contributed by atoms with van der Waals surface area (Å²) in [6.07, 6.45) is 0.0619. The van der Waals surface area contributed by atoms with Gasteiger partial charge in [0.05, 0.1) is 21.8 Å². The van der Waals surface area contributed by atoms with E-state index >= 15 is 0 Å². The molecule has 0 bridgehead atoms. The van der Waals surface area contributed by atoms with Crippen LogP contribution in [0.25, 0.3) is 10.8 Å². The van der Waals surface area contributed by atoms with Gasteiger partial charge in [-0.25, -0.2) is 9.40 Å². The van der Waals surface area contributed by atoms with E-state index in [0.717, 1.165) is 31.5 Å². The van der Waals surface area contributed by atoms with Gasteiger partial charge in [0, 0.05) is 16.5 Å². The van der Waals surface area contributed by atoms with Crippen molar-refractivity contribution in [3.8, 4) is 5.75 Å². The van der Waals surface area contributed by atoms with Crippen molar-refractivity contribution in [3.63, 3.8) is 0 Å². The Hall–Kier alpha value is -2.70. The van der Waals surface area contributed by atoms with Crippen molar-refractivity contribution in [2.24, 2.45) is 5.10 Å². The molecule has 0 saturated heterocycles. The molecule has 4 aromatic carbocycles. The van der Waals surface area contributed by atoms with E-state index < -0.39 is 6.23 Å². The topological polar surface area (TPSA) is 24.8 Å². The molecule has 2 aliphatic heterocycles. The van der Waals surface area contributed by atoms with Crippen molar-refractivity contribution in [2.75, 3.05) is 0 Å². The molecule has 0 aliphatic carbocycles. The number of hydrogen-bond donors (Lipinski definition) is 0. The molecular formula is C26H17Br2FN2O. The molecule has 0 saturated carbocycles. The van der Waals surface area contributed by atoms with Crippen LogP contribution in [0.1, 0.15) is 35.4 Å². The molecule has 0 amide bonds. The SMILES string of the molecule is Fc1ccccc1[C@@H]1Oc2c(Br)cc(Br)cc2[C@@H]2CC(c3ccc4ccccc4c3)=NN21. The maximum absolute atomic E-state index is 14.8. The number of halogens is 3. The average molecular weight is 552 g/mol. The number of nitrogens with zero attached hydrogens (tertiary/aromatic N) is 2. The number of rotatable bonds is 2. The zero-order valence-electron chi connectivity index (χ0n) is 16.8. The first-order valence-electron chi connectivity index (χ1n) is 10.3. The standard InChI is InChI=1S/C26H17Br2FN2O/c27-18-12-20-24-14-23(17-10-9-15-5-1-2-6-16(15)11-17)30-31(24)26(32-25(20)21(28)13-18)19-7-3-4-8-22(19)29/h1-13,24,26H,14H2/t24-,26-/m0/s1. The van der Waals surface area contributed by atoms with E-state index in [0.29, 0.717) is 12.0 Å². The van der Waals surface area contributed by atoms with E-state index in [4.69, 9.17) is 9.84 Å². The van der Waals surface area contributed by atoms with Crippen LogP contribution < -0.4 is 4.74 Å². The highest BCUT2D eigenvalue weighted by atomic mass is 79.9. The molecule has 158 valence electrons. The van der Waals surface area contributed by atoms with Crippen LogP contribution in [0.3, 0.4) is 0 Å². The largest absolute Gasteiger partial charge is 0.463 e. The third kappa shape index (κ3) is 3.24. The zero-order valence-corrected chi connectivity index (χ0v) is 20.0. The molecule has 6 heteroatoms. The Balaban J connectivity index is 1.49. The van der Waals surface area contributed by atoms with Crippen LogP contribution in [0, 0.1) is 5.82 Å². The molecule has 2 aliphatic rings. The monoisotopic (exact) mass is 550 g/mol. The van der Waals surface area contributed by atoms with Crippen LogP contribution in [0.15, 0.2) is 92.9 Å². The summed E-state index contributed by atoms with van der Waals surface area (Å²) in [5.41, 5.74) is 3.54. The Labute approximate surface area is 201 Å². The Morgan fingerprint density at radius 2 is 1.66 bits per heavy atom. The minimum atomic E-state index is -0.649. The molecule has 6 rings (SSSR count). The first-order chi connectivity index (χ1) is 15.6. The summed E-state index contributed by atoms with van der Waals surface area (Å²) >= 11 is 7.23. The third-order valence-electron chi connectivity index (χ3n) is 6.06. The lowest BCUT2D eigenvalue weighted by Crippen LogP contribution is -2.34. The summed E-state index contributed by atoms with van der Waals surface area (Å²) < 4.78 is 22.9. The van der Waals surface area contributed by atoms with Gasteiger partial charge >= 0.3 is 0 Å². The predicted octanol–water partition coefficient (Wildman–Crippen LogP) is 7.75. The van der Waals surface area contributed by atoms with Crippen LogP contribution in [0.4, 0.5) is 4.39 Å². The summed E-state index contributed by atoms with van der Waals surface area (Å²) in [5.74, 6) is 0.431.